The summed E-state index contributed by atoms with van der Waals surface area (Å²) >= 11 is 0. The molecule has 0 bridgehead atoms. The van der Waals surface area contributed by atoms with Crippen LogP contribution in [0.4, 0.5) is 0 Å². The van der Waals surface area contributed by atoms with Gasteiger partial charge in [-0.25, -0.2) is 0 Å². The normalized spacial score (nSPS) is 11.4. The van der Waals surface area contributed by atoms with Gasteiger partial charge in [0.2, 0.25) is 5.78 Å². The van der Waals surface area contributed by atoms with Gasteiger partial charge in [-0.2, -0.15) is 0 Å². The molecule has 1 heterocycles. The van der Waals surface area contributed by atoms with E-state index in [9.17, 15) is 4.79 Å². The van der Waals surface area contributed by atoms with E-state index in [2.05, 4.69) is 25.7 Å². The highest BCUT2D eigenvalue weighted by Crippen LogP contribution is 2.24. The summed E-state index contributed by atoms with van der Waals surface area (Å²) in [5, 5.41) is 1.07. The van der Waals surface area contributed by atoms with Crippen molar-refractivity contribution in [3.8, 4) is 11.3 Å². The molecule has 0 aliphatic carbocycles. The highest BCUT2D eigenvalue weighted by atomic mass is 28.3. The molecule has 3 heteroatoms. The maximum Gasteiger partial charge on any atom is 0.228 e. The Bertz CT molecular complexity index is 812. The summed E-state index contributed by atoms with van der Waals surface area (Å²) in [6, 6.07) is 21.3. The molecule has 0 aliphatic heterocycles. The van der Waals surface area contributed by atoms with Gasteiger partial charge < -0.3 is 4.42 Å². The minimum absolute atomic E-state index is 0.0368. The molecule has 0 unspecified atom stereocenters. The van der Waals surface area contributed by atoms with Gasteiger partial charge in [0.05, 0.1) is 8.07 Å². The van der Waals surface area contributed by atoms with E-state index in [0.29, 0.717) is 11.3 Å². The number of ketones is 1. The summed E-state index contributed by atoms with van der Waals surface area (Å²) in [4.78, 5) is 12.9. The molecule has 0 saturated carbocycles. The summed E-state index contributed by atoms with van der Waals surface area (Å²) in [6.07, 6.45) is 0. The van der Waals surface area contributed by atoms with Crippen LogP contribution < -0.4 is 5.19 Å². The van der Waals surface area contributed by atoms with Crippen LogP contribution in [-0.4, -0.2) is 13.9 Å². The van der Waals surface area contributed by atoms with E-state index in [1.807, 2.05) is 60.7 Å². The van der Waals surface area contributed by atoms with Crippen LogP contribution in [0.25, 0.3) is 11.3 Å². The van der Waals surface area contributed by atoms with Gasteiger partial charge in [-0.15, -0.1) is 0 Å². The van der Waals surface area contributed by atoms with E-state index in [1.54, 1.807) is 0 Å². The first-order chi connectivity index (χ1) is 11.0. The molecule has 2 aromatic carbocycles. The van der Waals surface area contributed by atoms with E-state index in [1.165, 1.54) is 0 Å². The summed E-state index contributed by atoms with van der Waals surface area (Å²) in [5.41, 5.74) is 1.67. The lowest BCUT2D eigenvalue weighted by molar-refractivity contribution is 0.101. The zero-order valence-corrected chi connectivity index (χ0v) is 14.7. The van der Waals surface area contributed by atoms with Crippen molar-refractivity contribution >= 4 is 19.0 Å². The largest absolute Gasteiger partial charge is 0.453 e. The van der Waals surface area contributed by atoms with E-state index in [0.717, 1.165) is 16.5 Å². The van der Waals surface area contributed by atoms with Gasteiger partial charge in [0.1, 0.15) is 5.76 Å². The molecule has 0 aliphatic rings. The van der Waals surface area contributed by atoms with Crippen molar-refractivity contribution in [1.29, 1.82) is 0 Å². The Morgan fingerprint density at radius 1 is 0.870 bits per heavy atom. The first kappa shape index (κ1) is 15.5. The number of carbonyl (C=O) groups excluding carboxylic acids is 1. The minimum atomic E-state index is -1.70. The van der Waals surface area contributed by atoms with Gasteiger partial charge in [-0.3, -0.25) is 4.79 Å². The van der Waals surface area contributed by atoms with Crippen molar-refractivity contribution in [3.63, 3.8) is 0 Å². The highest BCUT2D eigenvalue weighted by Gasteiger charge is 2.29. The molecule has 0 radical (unpaired) electrons. The van der Waals surface area contributed by atoms with Crippen molar-refractivity contribution in [2.75, 3.05) is 0 Å². The van der Waals surface area contributed by atoms with E-state index in [-0.39, 0.29) is 5.78 Å². The maximum absolute atomic E-state index is 12.9. The third-order valence-corrected chi connectivity index (χ3v) is 5.83. The fourth-order valence-corrected chi connectivity index (χ4v) is 3.99. The van der Waals surface area contributed by atoms with E-state index in [4.69, 9.17) is 4.42 Å². The molecule has 23 heavy (non-hydrogen) atoms. The smallest absolute Gasteiger partial charge is 0.228 e. The number of hydrogen-bond donors (Lipinski definition) is 0. The second-order valence-electron chi connectivity index (χ2n) is 6.66. The quantitative estimate of drug-likeness (QED) is 0.514. The highest BCUT2D eigenvalue weighted by molar-refractivity contribution is 6.89. The Morgan fingerprint density at radius 3 is 2.00 bits per heavy atom. The van der Waals surface area contributed by atoms with Gasteiger partial charge in [0.15, 0.2) is 5.76 Å². The van der Waals surface area contributed by atoms with Crippen LogP contribution in [-0.2, 0) is 0 Å². The molecule has 0 atom stereocenters. The third kappa shape index (κ3) is 3.20. The lowest BCUT2D eigenvalue weighted by Crippen LogP contribution is -2.40. The van der Waals surface area contributed by atoms with Crippen molar-refractivity contribution in [2.45, 2.75) is 19.6 Å². The van der Waals surface area contributed by atoms with Crippen LogP contribution in [0.2, 0.25) is 19.6 Å². The summed E-state index contributed by atoms with van der Waals surface area (Å²) in [6.45, 7) is 6.69. The second-order valence-corrected chi connectivity index (χ2v) is 11.7. The van der Waals surface area contributed by atoms with Crippen molar-refractivity contribution < 1.29 is 9.21 Å². The number of hydrogen-bond acceptors (Lipinski definition) is 2. The maximum atomic E-state index is 12.9. The van der Waals surface area contributed by atoms with Crippen molar-refractivity contribution in [2.24, 2.45) is 0 Å². The Balaban J connectivity index is 2.12. The average molecular weight is 320 g/mol. The zero-order valence-electron chi connectivity index (χ0n) is 13.7. The standard InChI is InChI=1S/C20H20O2Si/c1-23(2,3)18-14-17(15-10-6-4-7-11-15)22-20(18)19(21)16-12-8-5-9-13-16/h4-14H,1-3H3. The molecule has 0 fully saturated rings. The lowest BCUT2D eigenvalue weighted by atomic mass is 10.1. The Hall–Kier alpha value is -2.39. The van der Waals surface area contributed by atoms with E-state index < -0.39 is 8.07 Å². The molecule has 0 spiro atoms. The van der Waals surface area contributed by atoms with Gasteiger partial charge >= 0.3 is 0 Å². The Kier molecular flexibility index (Phi) is 4.05. The number of furan rings is 1. The van der Waals surface area contributed by atoms with Crippen LogP contribution in [0.3, 0.4) is 0 Å². The average Bonchev–Trinajstić information content (AvgIpc) is 3.01. The summed E-state index contributed by atoms with van der Waals surface area (Å²) in [5.74, 6) is 1.22. The minimum Gasteiger partial charge on any atom is -0.453 e. The molecule has 1 aromatic heterocycles. The third-order valence-electron chi connectivity index (χ3n) is 3.84. The lowest BCUT2D eigenvalue weighted by Gasteiger charge is -2.15. The molecule has 3 aromatic rings. The molecule has 0 saturated heterocycles. The van der Waals surface area contributed by atoms with Gasteiger partial charge in [-0.1, -0.05) is 80.3 Å². The molecule has 0 amide bonds. The first-order valence-corrected chi connectivity index (χ1v) is 11.3. The molecule has 116 valence electrons. The van der Waals surface area contributed by atoms with Gasteiger partial charge in [0, 0.05) is 11.1 Å². The Morgan fingerprint density at radius 2 is 1.43 bits per heavy atom. The Labute approximate surface area is 137 Å². The molecular weight excluding hydrogens is 300 g/mol. The number of rotatable bonds is 4. The van der Waals surface area contributed by atoms with Gasteiger partial charge in [0.25, 0.3) is 0 Å². The number of benzene rings is 2. The van der Waals surface area contributed by atoms with Crippen molar-refractivity contribution in [3.05, 3.63) is 78.1 Å². The fourth-order valence-electron chi connectivity index (χ4n) is 2.58. The van der Waals surface area contributed by atoms with Crippen LogP contribution >= 0.6 is 0 Å². The molecule has 0 N–H and O–H groups in total. The molecule has 2 nitrogen and oxygen atoms in total. The second kappa shape index (κ2) is 6.01. The van der Waals surface area contributed by atoms with Crippen LogP contribution in [0.15, 0.2) is 71.1 Å². The first-order valence-electron chi connectivity index (χ1n) is 7.76. The zero-order chi connectivity index (χ0) is 16.4. The van der Waals surface area contributed by atoms with E-state index >= 15 is 0 Å². The van der Waals surface area contributed by atoms with Crippen LogP contribution in [0.1, 0.15) is 16.1 Å². The molecular formula is C20H20O2Si. The summed E-state index contributed by atoms with van der Waals surface area (Å²) < 4.78 is 6.03. The summed E-state index contributed by atoms with van der Waals surface area (Å²) in [7, 11) is -1.70. The van der Waals surface area contributed by atoms with Crippen LogP contribution in [0.5, 0.6) is 0 Å². The predicted octanol–water partition coefficient (Wildman–Crippen LogP) is 4.72. The topological polar surface area (TPSA) is 30.2 Å². The fraction of sp³-hybridized carbons (Fsp3) is 0.150. The SMILES string of the molecule is C[Si](C)(C)c1cc(-c2ccccc2)oc1C(=O)c1ccccc1. The van der Waals surface area contributed by atoms with Gasteiger partial charge in [-0.05, 0) is 11.3 Å². The molecule has 3 rings (SSSR count). The monoisotopic (exact) mass is 320 g/mol. The van der Waals surface area contributed by atoms with Crippen molar-refractivity contribution in [1.82, 2.24) is 0 Å². The number of carbonyl (C=O) groups is 1. The van der Waals surface area contributed by atoms with Crippen LogP contribution in [0, 0.1) is 0 Å². The predicted molar refractivity (Wildman–Crippen MR) is 97.0 cm³/mol.